The van der Waals surface area contributed by atoms with Crippen molar-refractivity contribution in [1.29, 1.82) is 0 Å². The third-order valence-corrected chi connectivity index (χ3v) is 4.02. The number of carbonyl (C=O) groups is 1. The van der Waals surface area contributed by atoms with Crippen LogP contribution in [0.25, 0.3) is 0 Å². The molecule has 0 atom stereocenters. The van der Waals surface area contributed by atoms with E-state index in [0.717, 1.165) is 21.2 Å². The Hall–Kier alpha value is -2.38. The molecule has 0 fully saturated rings. The van der Waals surface area contributed by atoms with E-state index in [1.807, 2.05) is 53.4 Å². The maximum Gasteiger partial charge on any atom is 0.385 e. The molecule has 20 heavy (non-hydrogen) atoms. The van der Waals surface area contributed by atoms with Crippen LogP contribution in [0.15, 0.2) is 58.3 Å². The zero-order valence-corrected chi connectivity index (χ0v) is 11.6. The lowest BCUT2D eigenvalue weighted by Gasteiger charge is -2.27. The van der Waals surface area contributed by atoms with Gasteiger partial charge in [0.2, 0.25) is 0 Å². The Morgan fingerprint density at radius 3 is 2.15 bits per heavy atom. The normalized spacial score (nSPS) is 11.8. The summed E-state index contributed by atoms with van der Waals surface area (Å²) < 4.78 is 4.57. The first-order chi connectivity index (χ1) is 9.79. The predicted octanol–water partition coefficient (Wildman–Crippen LogP) is 3.42. The van der Waals surface area contributed by atoms with Gasteiger partial charge in [-0.3, -0.25) is 4.90 Å². The Bertz CT molecular complexity index is 685. The zero-order chi connectivity index (χ0) is 13.9. The number of hydrogen-bond acceptors (Lipinski definition) is 4. The Morgan fingerprint density at radius 1 is 1.05 bits per heavy atom. The molecule has 0 saturated carbocycles. The fraction of sp³-hybridized carbons (Fsp3) is 0.0625. The van der Waals surface area contributed by atoms with Gasteiger partial charge in [0.05, 0.1) is 18.5 Å². The molecule has 4 heteroatoms. The molecular formula is C16H11NO2S. The third kappa shape index (κ3) is 2.24. The standard InChI is InChI=1S/C16H11NO2S/c1-19-16(18)10-11-17-12-6-2-4-8-14(12)20-15-9-5-3-7-13(15)17/h2-9H,1H3. The highest BCUT2D eigenvalue weighted by atomic mass is 32.2. The number of anilines is 2. The SMILES string of the molecule is COC(=O)C#CN1c2ccccc2Sc2ccccc21. The van der Waals surface area contributed by atoms with Gasteiger partial charge >= 0.3 is 5.97 Å². The molecule has 0 unspecified atom stereocenters. The lowest BCUT2D eigenvalue weighted by atomic mass is 10.2. The van der Waals surface area contributed by atoms with Gasteiger partial charge in [-0.15, -0.1) is 0 Å². The molecule has 0 bridgehead atoms. The predicted molar refractivity (Wildman–Crippen MR) is 78.9 cm³/mol. The van der Waals surface area contributed by atoms with Crippen molar-refractivity contribution in [2.75, 3.05) is 12.0 Å². The minimum absolute atomic E-state index is 0.543. The van der Waals surface area contributed by atoms with Crippen molar-refractivity contribution in [3.8, 4) is 12.0 Å². The molecule has 1 aliphatic rings. The van der Waals surface area contributed by atoms with Gasteiger partial charge in [-0.2, -0.15) is 0 Å². The summed E-state index contributed by atoms with van der Waals surface area (Å²) in [5.74, 6) is 1.95. The molecule has 0 amide bonds. The first kappa shape index (κ1) is 12.6. The van der Waals surface area contributed by atoms with Crippen LogP contribution < -0.4 is 4.90 Å². The Labute approximate surface area is 121 Å². The monoisotopic (exact) mass is 281 g/mol. The maximum atomic E-state index is 11.3. The largest absolute Gasteiger partial charge is 0.459 e. The first-order valence-electron chi connectivity index (χ1n) is 6.05. The number of ether oxygens (including phenoxy) is 1. The van der Waals surface area contributed by atoms with Crippen molar-refractivity contribution in [1.82, 2.24) is 0 Å². The van der Waals surface area contributed by atoms with E-state index < -0.39 is 5.97 Å². The van der Waals surface area contributed by atoms with Crippen molar-refractivity contribution in [3.05, 3.63) is 48.5 Å². The van der Waals surface area contributed by atoms with E-state index >= 15 is 0 Å². The van der Waals surface area contributed by atoms with Crippen LogP contribution in [0.1, 0.15) is 0 Å². The van der Waals surface area contributed by atoms with Gasteiger partial charge in [0.25, 0.3) is 0 Å². The summed E-state index contributed by atoms with van der Waals surface area (Å²) in [6.07, 6.45) is 0. The van der Waals surface area contributed by atoms with Gasteiger partial charge in [0.15, 0.2) is 0 Å². The summed E-state index contributed by atoms with van der Waals surface area (Å²) in [5, 5.41) is 0. The van der Waals surface area contributed by atoms with Crippen molar-refractivity contribution in [2.24, 2.45) is 0 Å². The summed E-state index contributed by atoms with van der Waals surface area (Å²) in [4.78, 5) is 15.3. The molecular weight excluding hydrogens is 270 g/mol. The van der Waals surface area contributed by atoms with E-state index in [0.29, 0.717) is 0 Å². The number of fused-ring (bicyclic) bond motifs is 2. The quantitative estimate of drug-likeness (QED) is 0.546. The topological polar surface area (TPSA) is 29.5 Å². The van der Waals surface area contributed by atoms with Crippen LogP contribution in [0.4, 0.5) is 11.4 Å². The smallest absolute Gasteiger partial charge is 0.385 e. The fourth-order valence-electron chi connectivity index (χ4n) is 1.98. The fourth-order valence-corrected chi connectivity index (χ4v) is 3.04. The molecule has 2 aromatic rings. The number of para-hydroxylation sites is 2. The summed E-state index contributed by atoms with van der Waals surface area (Å²) in [6, 6.07) is 18.9. The van der Waals surface area contributed by atoms with E-state index in [1.54, 1.807) is 11.8 Å². The van der Waals surface area contributed by atoms with E-state index in [2.05, 4.69) is 16.7 Å². The molecule has 0 aromatic heterocycles. The van der Waals surface area contributed by atoms with Crippen LogP contribution >= 0.6 is 11.8 Å². The molecule has 1 aliphatic heterocycles. The van der Waals surface area contributed by atoms with Crippen LogP contribution in [0.3, 0.4) is 0 Å². The van der Waals surface area contributed by atoms with Crippen LogP contribution in [-0.4, -0.2) is 13.1 Å². The molecule has 0 N–H and O–H groups in total. The first-order valence-corrected chi connectivity index (χ1v) is 6.87. The van der Waals surface area contributed by atoms with Crippen LogP contribution in [-0.2, 0) is 9.53 Å². The number of benzene rings is 2. The molecule has 2 aromatic carbocycles. The highest BCUT2D eigenvalue weighted by Crippen LogP contribution is 2.47. The van der Waals surface area contributed by atoms with Crippen molar-refractivity contribution >= 4 is 29.1 Å². The van der Waals surface area contributed by atoms with Gasteiger partial charge in [-0.25, -0.2) is 4.79 Å². The third-order valence-electron chi connectivity index (χ3n) is 2.89. The lowest BCUT2D eigenvalue weighted by Crippen LogP contribution is -2.15. The average Bonchev–Trinajstić information content (AvgIpc) is 2.51. The molecule has 1 heterocycles. The minimum atomic E-state index is -0.543. The number of rotatable bonds is 0. The lowest BCUT2D eigenvalue weighted by molar-refractivity contribution is -0.133. The van der Waals surface area contributed by atoms with Gasteiger partial charge in [-0.05, 0) is 24.3 Å². The number of nitrogens with zero attached hydrogens (tertiary/aromatic N) is 1. The molecule has 98 valence electrons. The molecule has 0 saturated heterocycles. The second-order valence-corrected chi connectivity index (χ2v) is 5.19. The minimum Gasteiger partial charge on any atom is -0.459 e. The number of hydrogen-bond donors (Lipinski definition) is 0. The summed E-state index contributed by atoms with van der Waals surface area (Å²) in [7, 11) is 1.32. The number of methoxy groups -OCH3 is 1. The average molecular weight is 281 g/mol. The molecule has 0 radical (unpaired) electrons. The van der Waals surface area contributed by atoms with Crippen LogP contribution in [0, 0.1) is 12.0 Å². The second-order valence-electron chi connectivity index (χ2n) is 4.10. The summed E-state index contributed by atoms with van der Waals surface area (Å²) >= 11 is 1.70. The molecule has 3 rings (SSSR count). The van der Waals surface area contributed by atoms with Gasteiger partial charge in [0.1, 0.15) is 0 Å². The Balaban J connectivity index is 2.12. The van der Waals surface area contributed by atoms with Crippen molar-refractivity contribution in [3.63, 3.8) is 0 Å². The van der Waals surface area contributed by atoms with Gasteiger partial charge < -0.3 is 4.74 Å². The summed E-state index contributed by atoms with van der Waals surface area (Å²) in [5.41, 5.74) is 1.96. The molecule has 0 aliphatic carbocycles. The van der Waals surface area contributed by atoms with E-state index in [-0.39, 0.29) is 0 Å². The highest BCUT2D eigenvalue weighted by molar-refractivity contribution is 7.99. The Morgan fingerprint density at radius 2 is 1.60 bits per heavy atom. The molecule has 0 spiro atoms. The highest BCUT2D eigenvalue weighted by Gasteiger charge is 2.21. The number of carbonyl (C=O) groups excluding carboxylic acids is 1. The van der Waals surface area contributed by atoms with Gasteiger partial charge in [-0.1, -0.05) is 36.0 Å². The maximum absolute atomic E-state index is 11.3. The van der Waals surface area contributed by atoms with Crippen LogP contribution in [0.2, 0.25) is 0 Å². The van der Waals surface area contributed by atoms with Gasteiger partial charge in [0, 0.05) is 21.8 Å². The van der Waals surface area contributed by atoms with E-state index in [1.165, 1.54) is 7.11 Å². The summed E-state index contributed by atoms with van der Waals surface area (Å²) in [6.45, 7) is 0. The van der Waals surface area contributed by atoms with Crippen LogP contribution in [0.5, 0.6) is 0 Å². The second kappa shape index (κ2) is 5.32. The molecule has 3 nitrogen and oxygen atoms in total. The Kier molecular flexibility index (Phi) is 3.36. The number of esters is 1. The van der Waals surface area contributed by atoms with E-state index in [4.69, 9.17) is 0 Å². The van der Waals surface area contributed by atoms with Crippen molar-refractivity contribution in [2.45, 2.75) is 9.79 Å². The van der Waals surface area contributed by atoms with E-state index in [9.17, 15) is 4.79 Å². The zero-order valence-electron chi connectivity index (χ0n) is 10.8. The van der Waals surface area contributed by atoms with Crippen molar-refractivity contribution < 1.29 is 9.53 Å².